The van der Waals surface area contributed by atoms with Crippen LogP contribution < -0.4 is 0 Å². The number of carbonyl (C=O) groups excluding carboxylic acids is 1. The van der Waals surface area contributed by atoms with Crippen LogP contribution >= 0.6 is 0 Å². The molecular weight excluding hydrogens is 569 g/mol. The topological polar surface area (TPSA) is 103 Å². The van der Waals surface area contributed by atoms with Gasteiger partial charge in [-0.2, -0.15) is 26.3 Å². The zero-order chi connectivity index (χ0) is 29.0. The molecular formula is C25H19F7N4O3S. The Morgan fingerprint density at radius 2 is 1.48 bits per heavy atom. The smallest absolute Gasteiger partial charge is 0.299 e. The van der Waals surface area contributed by atoms with Gasteiger partial charge in [-0.15, -0.1) is 0 Å². The Hall–Kier alpha value is -3.49. The molecule has 0 spiro atoms. The van der Waals surface area contributed by atoms with Crippen molar-refractivity contribution < 1.29 is 43.9 Å². The van der Waals surface area contributed by atoms with Crippen molar-refractivity contribution in [2.75, 3.05) is 0 Å². The highest BCUT2D eigenvalue weighted by Gasteiger charge is 2.59. The summed E-state index contributed by atoms with van der Waals surface area (Å²) in [6.45, 7) is 0. The minimum Gasteiger partial charge on any atom is -0.299 e. The van der Waals surface area contributed by atoms with Crippen molar-refractivity contribution >= 4 is 15.6 Å². The van der Waals surface area contributed by atoms with Crippen molar-refractivity contribution in [3.8, 4) is 11.3 Å². The molecule has 3 aliphatic rings. The Morgan fingerprint density at radius 3 is 2.05 bits per heavy atom. The van der Waals surface area contributed by atoms with Gasteiger partial charge in [-0.05, 0) is 61.4 Å². The molecule has 2 atom stereocenters. The zero-order valence-electron chi connectivity index (χ0n) is 20.2. The van der Waals surface area contributed by atoms with Crippen LogP contribution in [0.2, 0.25) is 0 Å². The number of ketones is 1. The number of benzene rings is 1. The molecule has 212 valence electrons. The standard InChI is InChI=1S/C25H19F7N4O3S/c26-15-1-4-17(5-2-15)40(38,39)21-13-7-12(8-13)20(21)19(37)6-3-16-9-18(36-23(35-16)25(30,31)32)14-10-33-22(34-11-14)24(27,28)29/h1-2,4-5,9-13,20-21H,3,6-8H2/t12?,13?,20-,21?/m0/s1. The van der Waals surface area contributed by atoms with E-state index in [1.165, 1.54) is 0 Å². The molecule has 0 amide bonds. The Balaban J connectivity index is 1.38. The number of nitrogens with zero attached hydrogens (tertiary/aromatic N) is 4. The largest absolute Gasteiger partial charge is 0.451 e. The van der Waals surface area contributed by atoms with E-state index in [1.807, 2.05) is 0 Å². The first-order valence-corrected chi connectivity index (χ1v) is 13.6. The number of sulfone groups is 1. The number of aryl methyl sites for hydroxylation is 1. The van der Waals surface area contributed by atoms with Crippen LogP contribution in [-0.4, -0.2) is 39.4 Å². The molecule has 0 aliphatic heterocycles. The third-order valence-electron chi connectivity index (χ3n) is 7.27. The van der Waals surface area contributed by atoms with Crippen LogP contribution in [0.4, 0.5) is 30.7 Å². The van der Waals surface area contributed by atoms with Gasteiger partial charge in [0, 0.05) is 36.0 Å². The summed E-state index contributed by atoms with van der Waals surface area (Å²) in [7, 11) is -3.98. The molecule has 2 bridgehead atoms. The molecule has 3 fully saturated rings. The number of halogens is 7. The molecule has 0 saturated heterocycles. The molecule has 1 unspecified atom stereocenters. The van der Waals surface area contributed by atoms with E-state index in [0.29, 0.717) is 25.2 Å². The van der Waals surface area contributed by atoms with Crippen molar-refractivity contribution in [2.24, 2.45) is 17.8 Å². The zero-order valence-corrected chi connectivity index (χ0v) is 21.1. The van der Waals surface area contributed by atoms with E-state index in [9.17, 15) is 43.9 Å². The van der Waals surface area contributed by atoms with Gasteiger partial charge in [0.25, 0.3) is 0 Å². The maximum atomic E-state index is 13.5. The summed E-state index contributed by atoms with van der Waals surface area (Å²) in [6.07, 6.45) is -8.06. The second kappa shape index (κ2) is 9.85. The summed E-state index contributed by atoms with van der Waals surface area (Å²) in [5, 5.41) is -1.02. The van der Waals surface area contributed by atoms with Gasteiger partial charge in [-0.3, -0.25) is 4.79 Å². The number of alkyl halides is 6. The van der Waals surface area contributed by atoms with Gasteiger partial charge >= 0.3 is 12.4 Å². The maximum Gasteiger partial charge on any atom is 0.451 e. The fourth-order valence-corrected chi connectivity index (χ4v) is 7.75. The van der Waals surface area contributed by atoms with Crippen LogP contribution in [0, 0.1) is 23.6 Å². The first-order valence-electron chi connectivity index (χ1n) is 12.0. The van der Waals surface area contributed by atoms with Crippen molar-refractivity contribution in [2.45, 2.75) is 48.2 Å². The minimum atomic E-state index is -5.00. The fourth-order valence-electron chi connectivity index (χ4n) is 5.43. The van der Waals surface area contributed by atoms with Crippen molar-refractivity contribution in [1.82, 2.24) is 19.9 Å². The van der Waals surface area contributed by atoms with E-state index in [1.54, 1.807) is 0 Å². The molecule has 2 heterocycles. The molecule has 1 aromatic carbocycles. The highest BCUT2D eigenvalue weighted by molar-refractivity contribution is 7.92. The summed E-state index contributed by atoms with van der Waals surface area (Å²) in [5.74, 6) is -5.42. The van der Waals surface area contributed by atoms with E-state index >= 15 is 0 Å². The molecule has 2 aromatic heterocycles. The lowest BCUT2D eigenvalue weighted by atomic mass is 9.81. The summed E-state index contributed by atoms with van der Waals surface area (Å²) in [5.41, 5.74) is -0.831. The molecule has 3 saturated carbocycles. The molecule has 3 aromatic rings. The SMILES string of the molecule is O=C(CCc1cc(-c2cnc(C(F)(F)F)nc2)nc(C(F)(F)F)n1)[C@@H]1C2CC(C2)C1S(=O)(=O)c1ccc(F)cc1. The van der Waals surface area contributed by atoms with Gasteiger partial charge in [0.05, 0.1) is 15.8 Å². The number of carbonyl (C=O) groups is 1. The van der Waals surface area contributed by atoms with E-state index < -0.39 is 62.3 Å². The highest BCUT2D eigenvalue weighted by Crippen LogP contribution is 2.56. The van der Waals surface area contributed by atoms with Gasteiger partial charge in [-0.25, -0.2) is 32.7 Å². The molecule has 15 heteroatoms. The number of hydrogen-bond acceptors (Lipinski definition) is 7. The monoisotopic (exact) mass is 588 g/mol. The average molecular weight is 589 g/mol. The van der Waals surface area contributed by atoms with Crippen LogP contribution in [-0.2, 0) is 33.4 Å². The number of aromatic nitrogens is 4. The molecule has 3 aliphatic carbocycles. The number of rotatable bonds is 7. The number of Topliss-reactive ketones (excluding diaryl/α,β-unsaturated/α-hetero) is 1. The van der Waals surface area contributed by atoms with Crippen LogP contribution in [0.25, 0.3) is 11.3 Å². The molecule has 40 heavy (non-hydrogen) atoms. The summed E-state index contributed by atoms with van der Waals surface area (Å²) in [6, 6.07) is 5.38. The Morgan fingerprint density at radius 1 is 0.875 bits per heavy atom. The minimum absolute atomic E-state index is 0.113. The Labute approximate surface area is 222 Å². The Bertz CT molecular complexity index is 1540. The van der Waals surface area contributed by atoms with Gasteiger partial charge < -0.3 is 0 Å². The van der Waals surface area contributed by atoms with Gasteiger partial charge in [-0.1, -0.05) is 0 Å². The third kappa shape index (κ3) is 5.30. The lowest BCUT2D eigenvalue weighted by molar-refractivity contribution is -0.145. The average Bonchev–Trinajstić information content (AvgIpc) is 3.44. The third-order valence-corrected chi connectivity index (χ3v) is 9.60. The van der Waals surface area contributed by atoms with Crippen LogP contribution in [0.15, 0.2) is 47.6 Å². The fraction of sp³-hybridized carbons (Fsp3) is 0.400. The van der Waals surface area contributed by atoms with E-state index in [2.05, 4.69) is 19.9 Å². The van der Waals surface area contributed by atoms with E-state index in [4.69, 9.17) is 0 Å². The van der Waals surface area contributed by atoms with Gasteiger partial charge in [0.1, 0.15) is 11.6 Å². The maximum absolute atomic E-state index is 13.5. The predicted octanol–water partition coefficient (Wildman–Crippen LogP) is 5.11. The highest BCUT2D eigenvalue weighted by atomic mass is 32.2. The Kier molecular flexibility index (Phi) is 6.91. The first-order chi connectivity index (χ1) is 18.6. The lowest BCUT2D eigenvalue weighted by Crippen LogP contribution is -2.32. The molecule has 0 radical (unpaired) electrons. The number of hydrogen-bond donors (Lipinski definition) is 0. The van der Waals surface area contributed by atoms with E-state index in [0.717, 1.165) is 30.3 Å². The quantitative estimate of drug-likeness (QED) is 0.279. The molecule has 7 nitrogen and oxygen atoms in total. The second-order valence-electron chi connectivity index (χ2n) is 9.81. The van der Waals surface area contributed by atoms with Crippen LogP contribution in [0.3, 0.4) is 0 Å². The summed E-state index contributed by atoms with van der Waals surface area (Å²) < 4.78 is 119. The summed E-state index contributed by atoms with van der Waals surface area (Å²) in [4.78, 5) is 26.3. The van der Waals surface area contributed by atoms with Crippen molar-refractivity contribution in [1.29, 1.82) is 0 Å². The van der Waals surface area contributed by atoms with Gasteiger partial charge in [0.2, 0.25) is 11.6 Å². The lowest BCUT2D eigenvalue weighted by Gasteiger charge is -2.24. The molecule has 6 rings (SSSR count). The van der Waals surface area contributed by atoms with Crippen LogP contribution in [0.1, 0.15) is 36.6 Å². The molecule has 0 N–H and O–H groups in total. The normalized spacial score (nSPS) is 22.7. The second-order valence-corrected chi connectivity index (χ2v) is 11.9. The van der Waals surface area contributed by atoms with Crippen LogP contribution in [0.5, 0.6) is 0 Å². The first kappa shape index (κ1) is 28.1. The summed E-state index contributed by atoms with van der Waals surface area (Å²) >= 11 is 0. The van der Waals surface area contributed by atoms with E-state index in [-0.39, 0.29) is 40.8 Å². The van der Waals surface area contributed by atoms with Gasteiger partial charge in [0.15, 0.2) is 9.84 Å². The number of fused-ring (bicyclic) bond motifs is 1. The predicted molar refractivity (Wildman–Crippen MR) is 123 cm³/mol. The van der Waals surface area contributed by atoms with Crippen molar-refractivity contribution in [3.63, 3.8) is 0 Å². The van der Waals surface area contributed by atoms with Crippen molar-refractivity contribution in [3.05, 3.63) is 65.9 Å².